The first-order valence-corrected chi connectivity index (χ1v) is 7.94. The van der Waals surface area contributed by atoms with Crippen LogP contribution in [0, 0.1) is 10.8 Å². The van der Waals surface area contributed by atoms with Gasteiger partial charge in [-0.25, -0.2) is 0 Å². The molecule has 0 heterocycles. The minimum absolute atomic E-state index is 0.00866. The van der Waals surface area contributed by atoms with Crippen molar-refractivity contribution in [2.24, 2.45) is 10.8 Å². The highest BCUT2D eigenvalue weighted by atomic mass is 16.5. The van der Waals surface area contributed by atoms with Crippen molar-refractivity contribution in [1.82, 2.24) is 0 Å². The molecule has 0 saturated heterocycles. The van der Waals surface area contributed by atoms with Crippen LogP contribution in [0.2, 0.25) is 0 Å². The number of rotatable bonds is 6. The average Bonchev–Trinajstić information content (AvgIpc) is 2.16. The summed E-state index contributed by atoms with van der Waals surface area (Å²) in [6, 6.07) is 0. The van der Waals surface area contributed by atoms with E-state index >= 15 is 0 Å². The fraction of sp³-hybridized carbons (Fsp3) is 0.889. The Kier molecular flexibility index (Phi) is 5.67. The molecule has 1 heteroatoms. The van der Waals surface area contributed by atoms with Gasteiger partial charge >= 0.3 is 0 Å². The summed E-state index contributed by atoms with van der Waals surface area (Å²) in [6.45, 7) is 14.2. The minimum Gasteiger partial charge on any atom is -0.375 e. The summed E-state index contributed by atoms with van der Waals surface area (Å²) < 4.78 is 6.03. The number of ether oxygens (including phenoxy) is 1. The van der Waals surface area contributed by atoms with Gasteiger partial charge < -0.3 is 4.74 Å². The topological polar surface area (TPSA) is 9.23 Å². The van der Waals surface area contributed by atoms with E-state index in [9.17, 15) is 0 Å². The van der Waals surface area contributed by atoms with Crippen LogP contribution in [0.15, 0.2) is 12.2 Å². The zero-order valence-corrected chi connectivity index (χ0v) is 14.0. The Morgan fingerprint density at radius 2 is 1.68 bits per heavy atom. The smallest absolute Gasteiger partial charge is 0.0598 e. The van der Waals surface area contributed by atoms with Gasteiger partial charge in [0.2, 0.25) is 0 Å². The van der Waals surface area contributed by atoms with Crippen LogP contribution in [0.5, 0.6) is 0 Å². The maximum absolute atomic E-state index is 6.03. The molecule has 0 bridgehead atoms. The van der Waals surface area contributed by atoms with Gasteiger partial charge in [0.05, 0.1) is 12.2 Å². The van der Waals surface area contributed by atoms with Crippen molar-refractivity contribution in [3.63, 3.8) is 0 Å². The molecule has 0 radical (unpaired) electrons. The van der Waals surface area contributed by atoms with Crippen LogP contribution in [0.3, 0.4) is 0 Å². The van der Waals surface area contributed by atoms with Crippen molar-refractivity contribution in [2.75, 3.05) is 6.61 Å². The Labute approximate surface area is 120 Å². The molecule has 1 aliphatic rings. The third kappa shape index (κ3) is 7.15. The van der Waals surface area contributed by atoms with Gasteiger partial charge in [0.15, 0.2) is 0 Å². The maximum Gasteiger partial charge on any atom is 0.0598 e. The lowest BCUT2D eigenvalue weighted by atomic mass is 9.66. The number of hydrogen-bond donors (Lipinski definition) is 0. The fourth-order valence-electron chi connectivity index (χ4n) is 2.54. The molecule has 1 fully saturated rings. The molecule has 1 nitrogen and oxygen atoms in total. The van der Waals surface area contributed by atoms with Crippen LogP contribution in [0.1, 0.15) is 80.1 Å². The predicted molar refractivity (Wildman–Crippen MR) is 84.4 cm³/mol. The SMILES string of the molecule is CC(C)(C)/C=C/CCCC1(COC(C)(C)C)CCC1. The van der Waals surface area contributed by atoms with Crippen molar-refractivity contribution < 1.29 is 4.74 Å². The molecule has 1 rings (SSSR count). The molecular weight excluding hydrogens is 232 g/mol. The maximum atomic E-state index is 6.03. The second-order valence-electron chi connectivity index (χ2n) is 8.42. The van der Waals surface area contributed by atoms with E-state index in [1.165, 1.54) is 38.5 Å². The summed E-state index contributed by atoms with van der Waals surface area (Å²) in [6.07, 6.45) is 12.7. The molecule has 0 aromatic carbocycles. The van der Waals surface area contributed by atoms with Crippen molar-refractivity contribution in [3.05, 3.63) is 12.2 Å². The van der Waals surface area contributed by atoms with Gasteiger partial charge in [-0.3, -0.25) is 0 Å². The van der Waals surface area contributed by atoms with Gasteiger partial charge in [-0.1, -0.05) is 39.3 Å². The lowest BCUT2D eigenvalue weighted by Crippen LogP contribution is -2.37. The first-order chi connectivity index (χ1) is 8.62. The van der Waals surface area contributed by atoms with Crippen molar-refractivity contribution in [3.8, 4) is 0 Å². The molecule has 0 spiro atoms. The molecule has 0 unspecified atom stereocenters. The summed E-state index contributed by atoms with van der Waals surface area (Å²) in [7, 11) is 0. The van der Waals surface area contributed by atoms with E-state index in [0.717, 1.165) is 6.61 Å². The second kappa shape index (κ2) is 6.43. The van der Waals surface area contributed by atoms with Crippen LogP contribution in [0.4, 0.5) is 0 Å². The van der Waals surface area contributed by atoms with Gasteiger partial charge in [-0.15, -0.1) is 0 Å². The molecular formula is C18H34O. The average molecular weight is 266 g/mol. The van der Waals surface area contributed by atoms with Gasteiger partial charge in [0.1, 0.15) is 0 Å². The molecule has 1 saturated carbocycles. The highest BCUT2D eigenvalue weighted by Gasteiger charge is 2.37. The molecule has 0 aliphatic heterocycles. The highest BCUT2D eigenvalue weighted by molar-refractivity contribution is 4.93. The monoisotopic (exact) mass is 266 g/mol. The molecule has 0 atom stereocenters. The lowest BCUT2D eigenvalue weighted by molar-refractivity contribution is -0.0820. The summed E-state index contributed by atoms with van der Waals surface area (Å²) in [4.78, 5) is 0. The van der Waals surface area contributed by atoms with Gasteiger partial charge in [0, 0.05) is 0 Å². The number of allylic oxidation sites excluding steroid dienone is 2. The first kappa shape index (κ1) is 16.8. The van der Waals surface area contributed by atoms with E-state index in [4.69, 9.17) is 4.74 Å². The van der Waals surface area contributed by atoms with Crippen molar-refractivity contribution >= 4 is 0 Å². The van der Waals surface area contributed by atoms with E-state index in [1.807, 2.05) is 0 Å². The summed E-state index contributed by atoms with van der Waals surface area (Å²) >= 11 is 0. The molecule has 19 heavy (non-hydrogen) atoms. The minimum atomic E-state index is 0.00866. The third-order valence-electron chi connectivity index (χ3n) is 3.92. The van der Waals surface area contributed by atoms with E-state index in [1.54, 1.807) is 0 Å². The van der Waals surface area contributed by atoms with E-state index in [0.29, 0.717) is 10.8 Å². The van der Waals surface area contributed by atoms with Gasteiger partial charge in [-0.2, -0.15) is 0 Å². The van der Waals surface area contributed by atoms with Crippen LogP contribution in [0.25, 0.3) is 0 Å². The molecule has 0 amide bonds. The number of hydrogen-bond acceptors (Lipinski definition) is 1. The van der Waals surface area contributed by atoms with Crippen molar-refractivity contribution in [2.45, 2.75) is 85.7 Å². The Morgan fingerprint density at radius 1 is 1.05 bits per heavy atom. The zero-order valence-electron chi connectivity index (χ0n) is 14.0. The zero-order chi connectivity index (χ0) is 14.6. The van der Waals surface area contributed by atoms with E-state index in [-0.39, 0.29) is 5.60 Å². The molecule has 0 aromatic rings. The molecule has 1 aliphatic carbocycles. The van der Waals surface area contributed by atoms with E-state index < -0.39 is 0 Å². The Hall–Kier alpha value is -0.300. The summed E-state index contributed by atoms with van der Waals surface area (Å²) in [5.41, 5.74) is 0.834. The predicted octanol–water partition coefficient (Wildman–Crippen LogP) is 5.74. The standard InChI is InChI=1S/C18H34O/c1-16(2,3)11-8-7-9-12-18(13-10-14-18)15-19-17(4,5)6/h8,11H,7,9-10,12-15H2,1-6H3/b11-8+. The van der Waals surface area contributed by atoms with Crippen molar-refractivity contribution in [1.29, 1.82) is 0 Å². The first-order valence-electron chi connectivity index (χ1n) is 7.94. The van der Waals surface area contributed by atoms with Crippen LogP contribution >= 0.6 is 0 Å². The van der Waals surface area contributed by atoms with Gasteiger partial charge in [0.25, 0.3) is 0 Å². The quantitative estimate of drug-likeness (QED) is 0.439. The van der Waals surface area contributed by atoms with Crippen LogP contribution in [-0.2, 0) is 4.74 Å². The second-order valence-corrected chi connectivity index (χ2v) is 8.42. The molecule has 0 aromatic heterocycles. The van der Waals surface area contributed by atoms with Crippen LogP contribution in [-0.4, -0.2) is 12.2 Å². The van der Waals surface area contributed by atoms with E-state index in [2.05, 4.69) is 53.7 Å². The van der Waals surface area contributed by atoms with Crippen LogP contribution < -0.4 is 0 Å². The van der Waals surface area contributed by atoms with Gasteiger partial charge in [-0.05, 0) is 63.7 Å². The summed E-state index contributed by atoms with van der Waals surface area (Å²) in [5.74, 6) is 0. The Morgan fingerprint density at radius 3 is 2.11 bits per heavy atom. The third-order valence-corrected chi connectivity index (χ3v) is 3.92. The number of unbranched alkanes of at least 4 members (excludes halogenated alkanes) is 1. The lowest BCUT2D eigenvalue weighted by Gasteiger charge is -2.43. The molecule has 112 valence electrons. The summed E-state index contributed by atoms with van der Waals surface area (Å²) in [5, 5.41) is 0. The Balaban J connectivity index is 2.27. The Bertz CT molecular complexity index is 284. The normalized spacial score (nSPS) is 19.7. The highest BCUT2D eigenvalue weighted by Crippen LogP contribution is 2.45. The largest absolute Gasteiger partial charge is 0.375 e. The molecule has 0 N–H and O–H groups in total. The fourth-order valence-corrected chi connectivity index (χ4v) is 2.54.